The van der Waals surface area contributed by atoms with Gasteiger partial charge in [0.1, 0.15) is 0 Å². The number of halogens is 2. The molecular formula is C25H27Cl2N3S. The number of para-hydroxylation sites is 1. The van der Waals surface area contributed by atoms with Crippen LogP contribution in [0.25, 0.3) is 6.08 Å². The van der Waals surface area contributed by atoms with E-state index in [9.17, 15) is 0 Å². The Kier molecular flexibility index (Phi) is 9.50. The minimum absolute atomic E-state index is 0. The first-order valence-electron chi connectivity index (χ1n) is 9.80. The third kappa shape index (κ3) is 6.30. The maximum atomic E-state index is 6.08. The Bertz CT molecular complexity index is 1050. The first-order chi connectivity index (χ1) is 14.2. The van der Waals surface area contributed by atoms with Gasteiger partial charge in [-0.15, -0.1) is 36.6 Å². The molecule has 0 radical (unpaired) electrons. The van der Waals surface area contributed by atoms with Crippen LogP contribution in [-0.2, 0) is 5.75 Å². The van der Waals surface area contributed by atoms with Crippen LogP contribution in [0, 0.1) is 0 Å². The van der Waals surface area contributed by atoms with Crippen molar-refractivity contribution in [3.63, 3.8) is 0 Å². The number of allylic oxidation sites excluding steroid dienone is 1. The molecule has 1 aliphatic heterocycles. The molecular weight excluding hydrogens is 445 g/mol. The molecule has 0 aliphatic carbocycles. The molecule has 1 heterocycles. The molecule has 6 heteroatoms. The number of thioether (sulfide) groups is 1. The normalized spacial score (nSPS) is 12.9. The minimum atomic E-state index is 0. The van der Waals surface area contributed by atoms with E-state index in [0.717, 1.165) is 35.8 Å². The summed E-state index contributed by atoms with van der Waals surface area (Å²) in [7, 11) is 2.12. The van der Waals surface area contributed by atoms with Crippen molar-refractivity contribution in [2.75, 3.05) is 30.8 Å². The van der Waals surface area contributed by atoms with E-state index in [1.54, 1.807) is 0 Å². The van der Waals surface area contributed by atoms with E-state index in [-0.39, 0.29) is 24.8 Å². The average Bonchev–Trinajstić information content (AvgIpc) is 2.91. The summed E-state index contributed by atoms with van der Waals surface area (Å²) in [5.41, 5.74) is 12.7. The maximum absolute atomic E-state index is 6.08. The van der Waals surface area contributed by atoms with Crippen molar-refractivity contribution < 1.29 is 0 Å². The SMILES string of the molecule is CN1CCN=C(/C=C/c2cc(N)ccc2SCc2ccccc2)c2ccccc21.Cl.Cl. The molecule has 0 unspecified atom stereocenters. The van der Waals surface area contributed by atoms with Gasteiger partial charge in [-0.2, -0.15) is 0 Å². The Morgan fingerprint density at radius 1 is 0.968 bits per heavy atom. The van der Waals surface area contributed by atoms with Gasteiger partial charge < -0.3 is 10.6 Å². The lowest BCUT2D eigenvalue weighted by molar-refractivity contribution is 0.897. The number of likely N-dealkylation sites (N-methyl/N-ethyl adjacent to an activating group) is 1. The lowest BCUT2D eigenvalue weighted by Crippen LogP contribution is -2.20. The fourth-order valence-corrected chi connectivity index (χ4v) is 4.40. The number of fused-ring (bicyclic) bond motifs is 1. The van der Waals surface area contributed by atoms with Crippen LogP contribution in [0.15, 0.2) is 88.8 Å². The molecule has 0 saturated heterocycles. The molecule has 0 bridgehead atoms. The number of hydrogen-bond donors (Lipinski definition) is 1. The van der Waals surface area contributed by atoms with Gasteiger partial charge in [-0.1, -0.05) is 54.6 Å². The minimum Gasteiger partial charge on any atom is -0.399 e. The molecule has 0 spiro atoms. The summed E-state index contributed by atoms with van der Waals surface area (Å²) >= 11 is 1.83. The maximum Gasteiger partial charge on any atom is 0.0668 e. The van der Waals surface area contributed by atoms with Gasteiger partial charge in [0, 0.05) is 41.2 Å². The fraction of sp³-hybridized carbons (Fsp3) is 0.160. The number of anilines is 2. The summed E-state index contributed by atoms with van der Waals surface area (Å²) in [5, 5.41) is 0. The second-order valence-electron chi connectivity index (χ2n) is 7.11. The number of benzene rings is 3. The van der Waals surface area contributed by atoms with Crippen molar-refractivity contribution in [2.24, 2.45) is 4.99 Å². The third-order valence-corrected chi connectivity index (χ3v) is 6.16. The Morgan fingerprint density at radius 2 is 1.71 bits per heavy atom. The van der Waals surface area contributed by atoms with Gasteiger partial charge in [0.05, 0.1) is 12.3 Å². The molecule has 0 fully saturated rings. The Hall–Kier alpha value is -2.40. The Balaban J connectivity index is 0.00000171. The van der Waals surface area contributed by atoms with Gasteiger partial charge in [0.15, 0.2) is 0 Å². The Morgan fingerprint density at radius 3 is 2.52 bits per heavy atom. The van der Waals surface area contributed by atoms with E-state index in [4.69, 9.17) is 10.7 Å². The van der Waals surface area contributed by atoms with Crippen LogP contribution < -0.4 is 10.6 Å². The second kappa shape index (κ2) is 11.8. The number of nitrogens with two attached hydrogens (primary N) is 1. The van der Waals surface area contributed by atoms with Gasteiger partial charge >= 0.3 is 0 Å². The lowest BCUT2D eigenvalue weighted by Gasteiger charge is -2.18. The summed E-state index contributed by atoms with van der Waals surface area (Å²) < 4.78 is 0. The number of nitrogens with zero attached hydrogens (tertiary/aromatic N) is 2. The van der Waals surface area contributed by atoms with Gasteiger partial charge in [-0.05, 0) is 41.5 Å². The molecule has 0 atom stereocenters. The summed E-state index contributed by atoms with van der Waals surface area (Å²) in [4.78, 5) is 8.31. The summed E-state index contributed by atoms with van der Waals surface area (Å²) in [6.45, 7) is 1.71. The third-order valence-electron chi connectivity index (χ3n) is 5.00. The first kappa shape index (κ1) is 24.9. The number of benzodiazepines with no additional fused rings is 1. The summed E-state index contributed by atoms with van der Waals surface area (Å²) in [6, 6.07) is 25.1. The van der Waals surface area contributed by atoms with Crippen LogP contribution in [-0.4, -0.2) is 25.8 Å². The van der Waals surface area contributed by atoms with E-state index < -0.39 is 0 Å². The highest BCUT2D eigenvalue weighted by molar-refractivity contribution is 7.98. The van der Waals surface area contributed by atoms with E-state index in [1.165, 1.54) is 21.7 Å². The molecule has 0 aromatic heterocycles. The van der Waals surface area contributed by atoms with Crippen LogP contribution >= 0.6 is 36.6 Å². The zero-order valence-electron chi connectivity index (χ0n) is 17.4. The largest absolute Gasteiger partial charge is 0.399 e. The standard InChI is InChI=1S/C25H25N3S.2ClH/c1-28-16-15-27-23(22-9-5-6-10-24(22)28)13-11-20-17-21(26)12-14-25(20)29-18-19-7-3-2-4-8-19;;/h2-14,17H,15-16,18,26H2,1H3;2*1H/b13-11+;;. The van der Waals surface area contributed by atoms with Crippen LogP contribution in [0.4, 0.5) is 11.4 Å². The zero-order valence-corrected chi connectivity index (χ0v) is 19.9. The van der Waals surface area contributed by atoms with Crippen LogP contribution in [0.1, 0.15) is 16.7 Å². The van der Waals surface area contributed by atoms with E-state index in [1.807, 2.05) is 30.0 Å². The fourth-order valence-electron chi connectivity index (χ4n) is 3.42. The predicted molar refractivity (Wildman–Crippen MR) is 142 cm³/mol. The van der Waals surface area contributed by atoms with Crippen molar-refractivity contribution >= 4 is 59.7 Å². The summed E-state index contributed by atoms with van der Waals surface area (Å²) in [5.74, 6) is 0.931. The van der Waals surface area contributed by atoms with E-state index >= 15 is 0 Å². The van der Waals surface area contributed by atoms with Crippen LogP contribution in [0.5, 0.6) is 0 Å². The predicted octanol–water partition coefficient (Wildman–Crippen LogP) is 6.36. The molecule has 4 rings (SSSR count). The molecule has 3 aromatic rings. The molecule has 0 amide bonds. The van der Waals surface area contributed by atoms with E-state index in [0.29, 0.717) is 0 Å². The van der Waals surface area contributed by atoms with Gasteiger partial charge in [-0.3, -0.25) is 4.99 Å². The quantitative estimate of drug-likeness (QED) is 0.347. The number of hydrogen-bond acceptors (Lipinski definition) is 4. The molecule has 0 saturated carbocycles. The molecule has 2 N–H and O–H groups in total. The topological polar surface area (TPSA) is 41.6 Å². The van der Waals surface area contributed by atoms with E-state index in [2.05, 4.69) is 78.7 Å². The molecule has 1 aliphatic rings. The summed E-state index contributed by atoms with van der Waals surface area (Å²) in [6.07, 6.45) is 4.27. The van der Waals surface area contributed by atoms with Crippen LogP contribution in [0.3, 0.4) is 0 Å². The molecule has 3 aromatic carbocycles. The van der Waals surface area contributed by atoms with Crippen molar-refractivity contribution in [1.82, 2.24) is 0 Å². The van der Waals surface area contributed by atoms with Crippen molar-refractivity contribution in [3.05, 3.63) is 95.6 Å². The average molecular weight is 472 g/mol. The number of rotatable bonds is 5. The molecule has 31 heavy (non-hydrogen) atoms. The Labute approximate surface area is 201 Å². The first-order valence-corrected chi connectivity index (χ1v) is 10.8. The van der Waals surface area contributed by atoms with Crippen molar-refractivity contribution in [3.8, 4) is 0 Å². The van der Waals surface area contributed by atoms with Crippen LogP contribution in [0.2, 0.25) is 0 Å². The molecule has 162 valence electrons. The number of aliphatic imine (C=N–C) groups is 1. The smallest absolute Gasteiger partial charge is 0.0668 e. The highest BCUT2D eigenvalue weighted by atomic mass is 35.5. The lowest BCUT2D eigenvalue weighted by atomic mass is 10.1. The van der Waals surface area contributed by atoms with Crippen molar-refractivity contribution in [1.29, 1.82) is 0 Å². The highest BCUT2D eigenvalue weighted by Crippen LogP contribution is 2.29. The molecule has 3 nitrogen and oxygen atoms in total. The van der Waals surface area contributed by atoms with Gasteiger partial charge in [-0.25, -0.2) is 0 Å². The monoisotopic (exact) mass is 471 g/mol. The van der Waals surface area contributed by atoms with Gasteiger partial charge in [0.2, 0.25) is 0 Å². The zero-order chi connectivity index (χ0) is 20.1. The number of nitrogen functional groups attached to an aromatic ring is 1. The van der Waals surface area contributed by atoms with Crippen molar-refractivity contribution in [2.45, 2.75) is 10.6 Å². The highest BCUT2D eigenvalue weighted by Gasteiger charge is 2.13. The van der Waals surface area contributed by atoms with Gasteiger partial charge in [0.25, 0.3) is 0 Å². The second-order valence-corrected chi connectivity index (χ2v) is 8.13.